The molecule has 2 aromatic rings. The van der Waals surface area contributed by atoms with Crippen molar-refractivity contribution in [3.63, 3.8) is 0 Å². The number of aliphatic imine (C=N–C) groups is 1. The highest BCUT2D eigenvalue weighted by Crippen LogP contribution is 2.25. The SMILES string of the molecule is CC.CC/C=C(/C)N=C(CO)Cn1c(NCC2COC(C)(C)O2)nc2ccc(C(=O)OCC)cc21. The average Bonchev–Trinajstić information content (AvgIpc) is 3.37. The van der Waals surface area contributed by atoms with E-state index in [4.69, 9.17) is 19.2 Å². The fourth-order valence-corrected chi connectivity index (χ4v) is 3.72. The molecule has 0 bridgehead atoms. The van der Waals surface area contributed by atoms with Crippen LogP contribution in [-0.4, -0.2) is 64.6 Å². The fraction of sp³-hybridized carbons (Fsp3) is 0.577. The molecular weight excluding hydrogens is 448 g/mol. The molecule has 0 radical (unpaired) electrons. The Morgan fingerprint density at radius 1 is 1.37 bits per heavy atom. The van der Waals surface area contributed by atoms with E-state index in [2.05, 4.69) is 10.3 Å². The Morgan fingerprint density at radius 3 is 2.71 bits per heavy atom. The second kappa shape index (κ2) is 13.4. The predicted octanol–water partition coefficient (Wildman–Crippen LogP) is 4.55. The van der Waals surface area contributed by atoms with Crippen LogP contribution in [0.5, 0.6) is 0 Å². The molecule has 0 saturated carbocycles. The number of ether oxygens (including phenoxy) is 3. The number of nitrogens with one attached hydrogen (secondary N) is 1. The third-order valence-electron chi connectivity index (χ3n) is 5.17. The topological polar surface area (TPSA) is 107 Å². The van der Waals surface area contributed by atoms with Crippen LogP contribution in [0.1, 0.15) is 65.2 Å². The summed E-state index contributed by atoms with van der Waals surface area (Å²) in [6, 6.07) is 5.25. The van der Waals surface area contributed by atoms with E-state index >= 15 is 0 Å². The third kappa shape index (κ3) is 7.88. The Bertz CT molecular complexity index is 1040. The maximum atomic E-state index is 12.3. The third-order valence-corrected chi connectivity index (χ3v) is 5.17. The van der Waals surface area contributed by atoms with Gasteiger partial charge in [0.15, 0.2) is 5.79 Å². The number of carbonyl (C=O) groups is 1. The van der Waals surface area contributed by atoms with Crippen molar-refractivity contribution in [3.8, 4) is 0 Å². The highest BCUT2D eigenvalue weighted by molar-refractivity contribution is 5.95. The molecule has 2 N–H and O–H groups in total. The predicted molar refractivity (Wildman–Crippen MR) is 139 cm³/mol. The molecule has 0 amide bonds. The van der Waals surface area contributed by atoms with Crippen LogP contribution in [0.25, 0.3) is 11.0 Å². The molecule has 0 aliphatic carbocycles. The van der Waals surface area contributed by atoms with Gasteiger partial charge >= 0.3 is 5.97 Å². The number of rotatable bonds is 10. The first kappa shape index (κ1) is 28.5. The number of anilines is 1. The summed E-state index contributed by atoms with van der Waals surface area (Å²) >= 11 is 0. The summed E-state index contributed by atoms with van der Waals surface area (Å²) in [6.07, 6.45) is 2.74. The number of aliphatic hydroxyl groups excluding tert-OH is 1. The Morgan fingerprint density at radius 2 is 2.11 bits per heavy atom. The van der Waals surface area contributed by atoms with E-state index in [0.717, 1.165) is 17.6 Å². The van der Waals surface area contributed by atoms with Crippen molar-refractivity contribution in [2.24, 2.45) is 4.99 Å². The monoisotopic (exact) mass is 488 g/mol. The number of aromatic nitrogens is 2. The number of hydrogen-bond acceptors (Lipinski definition) is 8. The minimum absolute atomic E-state index is 0.121. The number of imidazole rings is 1. The molecule has 1 fully saturated rings. The van der Waals surface area contributed by atoms with E-state index in [1.807, 2.05) is 52.2 Å². The number of benzene rings is 1. The Balaban J connectivity index is 0.00000210. The second-order valence-electron chi connectivity index (χ2n) is 8.37. The van der Waals surface area contributed by atoms with Gasteiger partial charge in [0, 0.05) is 12.2 Å². The molecule has 0 spiro atoms. The standard InChI is InChI=1S/C24H34N4O5.C2H6/c1-6-8-16(3)26-18(14-29)13-28-21-11-17(22(30)31-7-2)9-10-20(21)27-23(28)25-12-19-15-32-24(4,5)33-19;1-2/h8-11,19,29H,6-7,12-15H2,1-5H3,(H,25,27);1-2H3/b16-8-,26-18?;. The van der Waals surface area contributed by atoms with Crippen LogP contribution >= 0.6 is 0 Å². The van der Waals surface area contributed by atoms with Gasteiger partial charge in [0.25, 0.3) is 0 Å². The molecule has 1 saturated heterocycles. The van der Waals surface area contributed by atoms with Crippen molar-refractivity contribution in [1.29, 1.82) is 0 Å². The average molecular weight is 489 g/mol. The van der Waals surface area contributed by atoms with Crippen LogP contribution in [0, 0.1) is 0 Å². The van der Waals surface area contributed by atoms with Crippen LogP contribution in [0.15, 0.2) is 35.0 Å². The summed E-state index contributed by atoms with van der Waals surface area (Å²) < 4.78 is 18.6. The normalized spacial score (nSPS) is 17.8. The molecule has 9 nitrogen and oxygen atoms in total. The molecule has 2 heterocycles. The number of aliphatic hydroxyl groups is 1. The maximum absolute atomic E-state index is 12.3. The number of nitrogens with zero attached hydrogens (tertiary/aromatic N) is 3. The molecule has 194 valence electrons. The molecule has 1 unspecified atom stereocenters. The number of allylic oxidation sites excluding steroid dienone is 2. The lowest BCUT2D eigenvalue weighted by Crippen LogP contribution is -2.27. The van der Waals surface area contributed by atoms with E-state index < -0.39 is 11.8 Å². The van der Waals surface area contributed by atoms with Crippen molar-refractivity contribution in [1.82, 2.24) is 9.55 Å². The highest BCUT2D eigenvalue weighted by atomic mass is 16.7. The highest BCUT2D eigenvalue weighted by Gasteiger charge is 2.32. The molecule has 1 atom stereocenters. The fourth-order valence-electron chi connectivity index (χ4n) is 3.72. The van der Waals surface area contributed by atoms with Crippen LogP contribution in [0.2, 0.25) is 0 Å². The van der Waals surface area contributed by atoms with Crippen molar-refractivity contribution in [3.05, 3.63) is 35.5 Å². The lowest BCUT2D eigenvalue weighted by molar-refractivity contribution is -0.136. The van der Waals surface area contributed by atoms with Gasteiger partial charge in [-0.1, -0.05) is 26.8 Å². The maximum Gasteiger partial charge on any atom is 0.338 e. The van der Waals surface area contributed by atoms with Gasteiger partial charge in [0.05, 0.1) is 48.7 Å². The van der Waals surface area contributed by atoms with Crippen molar-refractivity contribution in [2.75, 3.05) is 31.7 Å². The second-order valence-corrected chi connectivity index (χ2v) is 8.37. The zero-order valence-corrected chi connectivity index (χ0v) is 22.1. The van der Waals surface area contributed by atoms with Gasteiger partial charge in [0.2, 0.25) is 5.95 Å². The summed E-state index contributed by atoms with van der Waals surface area (Å²) in [5, 5.41) is 13.3. The largest absolute Gasteiger partial charge is 0.462 e. The van der Waals surface area contributed by atoms with Gasteiger partial charge < -0.3 is 29.2 Å². The van der Waals surface area contributed by atoms with Crippen molar-refractivity contribution in [2.45, 2.75) is 73.3 Å². The lowest BCUT2D eigenvalue weighted by Gasteiger charge is -2.18. The first-order chi connectivity index (χ1) is 16.8. The Labute approximate surface area is 208 Å². The number of esters is 1. The first-order valence-corrected chi connectivity index (χ1v) is 12.3. The molecule has 9 heteroatoms. The van der Waals surface area contributed by atoms with Gasteiger partial charge in [-0.15, -0.1) is 0 Å². The molecule has 1 aliphatic heterocycles. The van der Waals surface area contributed by atoms with E-state index in [9.17, 15) is 9.90 Å². The molecule has 35 heavy (non-hydrogen) atoms. The van der Waals surface area contributed by atoms with Crippen LogP contribution < -0.4 is 5.32 Å². The zero-order chi connectivity index (χ0) is 26.0. The molecule has 1 aromatic carbocycles. The summed E-state index contributed by atoms with van der Waals surface area (Å²) in [6.45, 7) is 14.9. The van der Waals surface area contributed by atoms with E-state index in [1.165, 1.54) is 0 Å². The van der Waals surface area contributed by atoms with Gasteiger partial charge in [-0.3, -0.25) is 4.99 Å². The number of hydrogen-bond donors (Lipinski definition) is 2. The molecular formula is C26H40N4O5. The van der Waals surface area contributed by atoms with Gasteiger partial charge in [-0.25, -0.2) is 9.78 Å². The van der Waals surface area contributed by atoms with E-state index in [0.29, 0.717) is 49.0 Å². The lowest BCUT2D eigenvalue weighted by atomic mass is 10.2. The molecule has 1 aliphatic rings. The van der Waals surface area contributed by atoms with Crippen molar-refractivity contribution < 1.29 is 24.1 Å². The zero-order valence-electron chi connectivity index (χ0n) is 22.1. The van der Waals surface area contributed by atoms with Gasteiger partial charge in [-0.2, -0.15) is 0 Å². The van der Waals surface area contributed by atoms with Crippen LogP contribution in [0.4, 0.5) is 5.95 Å². The minimum Gasteiger partial charge on any atom is -0.462 e. The number of fused-ring (bicyclic) bond motifs is 1. The Hall–Kier alpha value is -2.75. The number of carbonyl (C=O) groups excluding carboxylic acids is 1. The summed E-state index contributed by atoms with van der Waals surface area (Å²) in [5.74, 6) is -0.406. The van der Waals surface area contributed by atoms with Gasteiger partial charge in [0.1, 0.15) is 6.10 Å². The van der Waals surface area contributed by atoms with Crippen molar-refractivity contribution >= 4 is 28.7 Å². The summed E-state index contributed by atoms with van der Waals surface area (Å²) in [5.41, 5.74) is 3.32. The van der Waals surface area contributed by atoms with Gasteiger partial charge in [-0.05, 0) is 52.3 Å². The smallest absolute Gasteiger partial charge is 0.338 e. The Kier molecular flexibility index (Phi) is 10.9. The summed E-state index contributed by atoms with van der Waals surface area (Å²) in [7, 11) is 0. The van der Waals surface area contributed by atoms with E-state index in [1.54, 1.807) is 25.1 Å². The summed E-state index contributed by atoms with van der Waals surface area (Å²) in [4.78, 5) is 21.6. The first-order valence-electron chi connectivity index (χ1n) is 12.3. The van der Waals surface area contributed by atoms with Crippen LogP contribution in [-0.2, 0) is 20.8 Å². The minimum atomic E-state index is -0.610. The molecule has 3 rings (SSSR count). The quantitative estimate of drug-likeness (QED) is 0.373. The van der Waals surface area contributed by atoms with E-state index in [-0.39, 0.29) is 12.7 Å². The molecule has 1 aromatic heterocycles. The van der Waals surface area contributed by atoms with Crippen LogP contribution in [0.3, 0.4) is 0 Å².